The van der Waals surface area contributed by atoms with Crippen LogP contribution in [-0.2, 0) is 0 Å². The highest BCUT2D eigenvalue weighted by atomic mass is 19.3. The van der Waals surface area contributed by atoms with Crippen molar-refractivity contribution in [2.75, 3.05) is 6.54 Å². The van der Waals surface area contributed by atoms with Gasteiger partial charge in [-0.05, 0) is 51.5 Å². The van der Waals surface area contributed by atoms with Crippen LogP contribution >= 0.6 is 0 Å². The minimum atomic E-state index is -2.77. The maximum Gasteiger partial charge on any atom is 0.320 e. The topological polar surface area (TPSA) is 97.7 Å². The van der Waals surface area contributed by atoms with Crippen molar-refractivity contribution < 1.29 is 13.5 Å². The molecule has 1 fully saturated rings. The highest BCUT2D eigenvalue weighted by Crippen LogP contribution is 2.37. The van der Waals surface area contributed by atoms with E-state index in [1.54, 1.807) is 29.3 Å². The predicted molar refractivity (Wildman–Crippen MR) is 123 cm³/mol. The van der Waals surface area contributed by atoms with E-state index in [0.29, 0.717) is 29.0 Å². The molecule has 3 aromatic heterocycles. The fourth-order valence-corrected chi connectivity index (χ4v) is 4.65. The zero-order valence-electron chi connectivity index (χ0n) is 19.5. The van der Waals surface area contributed by atoms with Gasteiger partial charge in [0.15, 0.2) is 6.19 Å². The zero-order chi connectivity index (χ0) is 24.7. The van der Waals surface area contributed by atoms with Gasteiger partial charge in [0.1, 0.15) is 29.4 Å². The molecule has 0 unspecified atom stereocenters. The number of likely N-dealkylation sites (tertiary alicyclic amines) is 1. The lowest BCUT2D eigenvalue weighted by atomic mass is 10.1. The van der Waals surface area contributed by atoms with Crippen LogP contribution in [0.4, 0.5) is 8.78 Å². The molecule has 0 spiro atoms. The molecule has 35 heavy (non-hydrogen) atoms. The maximum atomic E-state index is 13.7. The fourth-order valence-electron chi connectivity index (χ4n) is 4.65. The van der Waals surface area contributed by atoms with E-state index in [2.05, 4.69) is 26.5 Å². The van der Waals surface area contributed by atoms with E-state index in [-0.39, 0.29) is 23.3 Å². The summed E-state index contributed by atoms with van der Waals surface area (Å²) in [4.78, 5) is 10.3. The number of imidazole rings is 1. The molecule has 4 aromatic rings. The van der Waals surface area contributed by atoms with Crippen LogP contribution in [-0.4, -0.2) is 47.0 Å². The summed E-state index contributed by atoms with van der Waals surface area (Å²) in [6, 6.07) is 9.02. The minimum absolute atomic E-state index is 0.0209. The van der Waals surface area contributed by atoms with Crippen LogP contribution in [0.15, 0.2) is 42.9 Å². The molecular formula is C24H24F2N8O. The first kappa shape index (κ1) is 22.7. The number of hydrogen-bond donors (Lipinski definition) is 0. The normalized spacial score (nSPS) is 18.8. The van der Waals surface area contributed by atoms with Crippen LogP contribution in [0.5, 0.6) is 5.75 Å². The van der Waals surface area contributed by atoms with E-state index in [4.69, 9.17) is 4.74 Å². The quantitative estimate of drug-likeness (QED) is 0.372. The third-order valence-corrected chi connectivity index (χ3v) is 6.48. The summed E-state index contributed by atoms with van der Waals surface area (Å²) in [7, 11) is 0. The SMILES string of the molecule is Cc1c(-c2cc(O[C@H](C)c3ccccn3)c3c(c2)ncn3C(F)F)nnn1[C@@H]1C[C@@H](C)N(C#N)C1. The van der Waals surface area contributed by atoms with Crippen molar-refractivity contribution in [2.24, 2.45) is 0 Å². The van der Waals surface area contributed by atoms with Crippen LogP contribution < -0.4 is 4.74 Å². The molecule has 9 nitrogen and oxygen atoms in total. The van der Waals surface area contributed by atoms with Gasteiger partial charge in [0.25, 0.3) is 0 Å². The summed E-state index contributed by atoms with van der Waals surface area (Å²) in [6.07, 6.45) is 5.29. The lowest BCUT2D eigenvalue weighted by Gasteiger charge is -2.17. The molecule has 3 atom stereocenters. The van der Waals surface area contributed by atoms with E-state index in [1.165, 1.54) is 0 Å². The molecule has 1 aliphatic heterocycles. The Balaban J connectivity index is 1.56. The minimum Gasteiger partial charge on any atom is -0.482 e. The molecule has 1 aliphatic rings. The number of fused-ring (bicyclic) bond motifs is 1. The summed E-state index contributed by atoms with van der Waals surface area (Å²) < 4.78 is 36.2. The highest BCUT2D eigenvalue weighted by molar-refractivity contribution is 5.87. The van der Waals surface area contributed by atoms with Crippen molar-refractivity contribution in [1.82, 2.24) is 34.4 Å². The molecule has 5 rings (SSSR count). The van der Waals surface area contributed by atoms with Gasteiger partial charge in [0.2, 0.25) is 0 Å². The Bertz CT molecular complexity index is 1390. The average molecular weight is 479 g/mol. The Hall–Kier alpha value is -4.07. The maximum absolute atomic E-state index is 13.7. The van der Waals surface area contributed by atoms with E-state index in [1.807, 2.05) is 37.6 Å². The van der Waals surface area contributed by atoms with Gasteiger partial charge in [0.05, 0.1) is 29.5 Å². The van der Waals surface area contributed by atoms with Crippen molar-refractivity contribution >= 4 is 11.0 Å². The molecule has 11 heteroatoms. The van der Waals surface area contributed by atoms with Crippen molar-refractivity contribution in [3.05, 3.63) is 54.2 Å². The molecule has 0 bridgehead atoms. The van der Waals surface area contributed by atoms with Gasteiger partial charge in [0, 0.05) is 17.8 Å². The lowest BCUT2D eigenvalue weighted by Crippen LogP contribution is -2.21. The molecular weight excluding hydrogens is 454 g/mol. The largest absolute Gasteiger partial charge is 0.482 e. The smallest absolute Gasteiger partial charge is 0.320 e. The first-order valence-electron chi connectivity index (χ1n) is 11.3. The number of benzene rings is 1. The second-order valence-electron chi connectivity index (χ2n) is 8.75. The Morgan fingerprint density at radius 2 is 2.06 bits per heavy atom. The number of aromatic nitrogens is 6. The average Bonchev–Trinajstić information content (AvgIpc) is 3.55. The Kier molecular flexibility index (Phi) is 5.80. The molecule has 180 valence electrons. The molecule has 1 aromatic carbocycles. The Morgan fingerprint density at radius 1 is 1.23 bits per heavy atom. The van der Waals surface area contributed by atoms with Crippen molar-refractivity contribution in [3.63, 3.8) is 0 Å². The predicted octanol–water partition coefficient (Wildman–Crippen LogP) is 4.65. The number of alkyl halides is 2. The third kappa shape index (κ3) is 4.05. The molecule has 1 saturated heterocycles. The van der Waals surface area contributed by atoms with Crippen molar-refractivity contribution in [3.8, 4) is 23.2 Å². The number of pyridine rings is 1. The van der Waals surface area contributed by atoms with Gasteiger partial charge in [-0.25, -0.2) is 9.67 Å². The number of hydrogen-bond acceptors (Lipinski definition) is 7. The van der Waals surface area contributed by atoms with Crippen LogP contribution in [0.3, 0.4) is 0 Å². The molecule has 4 heterocycles. The van der Waals surface area contributed by atoms with Gasteiger partial charge in [-0.2, -0.15) is 14.0 Å². The summed E-state index contributed by atoms with van der Waals surface area (Å²) in [5, 5.41) is 18.1. The van der Waals surface area contributed by atoms with E-state index in [0.717, 1.165) is 23.0 Å². The van der Waals surface area contributed by atoms with Crippen molar-refractivity contribution in [2.45, 2.75) is 51.9 Å². The third-order valence-electron chi connectivity index (χ3n) is 6.48. The number of nitriles is 1. The van der Waals surface area contributed by atoms with Gasteiger partial charge < -0.3 is 9.64 Å². The summed E-state index contributed by atoms with van der Waals surface area (Å²) in [5.74, 6) is 0.257. The fraction of sp³-hybridized carbons (Fsp3) is 0.375. The Morgan fingerprint density at radius 3 is 2.74 bits per heavy atom. The summed E-state index contributed by atoms with van der Waals surface area (Å²) in [6.45, 7) is 3.53. The van der Waals surface area contributed by atoms with Gasteiger partial charge in [-0.15, -0.1) is 5.10 Å². The van der Waals surface area contributed by atoms with Crippen LogP contribution in [0.1, 0.15) is 50.4 Å². The first-order valence-corrected chi connectivity index (χ1v) is 11.3. The molecule has 0 N–H and O–H groups in total. The number of ether oxygens (including phenoxy) is 1. The molecule has 0 radical (unpaired) electrons. The van der Waals surface area contributed by atoms with Crippen molar-refractivity contribution in [1.29, 1.82) is 5.26 Å². The number of rotatable bonds is 6. The van der Waals surface area contributed by atoms with Gasteiger partial charge in [-0.1, -0.05) is 11.3 Å². The zero-order valence-corrected chi connectivity index (χ0v) is 19.5. The van der Waals surface area contributed by atoms with Gasteiger partial charge in [-0.3, -0.25) is 9.55 Å². The number of halogens is 2. The van der Waals surface area contributed by atoms with E-state index < -0.39 is 12.7 Å². The van der Waals surface area contributed by atoms with E-state index in [9.17, 15) is 14.0 Å². The first-order chi connectivity index (χ1) is 16.9. The molecule has 0 amide bonds. The van der Waals surface area contributed by atoms with E-state index >= 15 is 0 Å². The monoisotopic (exact) mass is 478 g/mol. The number of nitrogens with zero attached hydrogens (tertiary/aromatic N) is 8. The Labute approximate surface area is 200 Å². The lowest BCUT2D eigenvalue weighted by molar-refractivity contribution is 0.0737. The second kappa shape index (κ2) is 8.94. The van der Waals surface area contributed by atoms with Gasteiger partial charge >= 0.3 is 6.55 Å². The van der Waals surface area contributed by atoms with Crippen LogP contribution in [0.2, 0.25) is 0 Å². The molecule has 0 aliphatic carbocycles. The van der Waals surface area contributed by atoms with Crippen LogP contribution in [0.25, 0.3) is 22.3 Å². The summed E-state index contributed by atoms with van der Waals surface area (Å²) in [5.41, 5.74) is 3.33. The standard InChI is InChI=1S/C24H24F2N8O/c1-14-8-18(11-32(14)12-27)34-15(2)22(30-31-34)17-9-20-23(33(13-29-20)24(25)26)21(10-17)35-16(3)19-6-4-5-7-28-19/h4-7,9-10,13-14,16,18,24H,8,11H2,1-3H3/t14-,16-,18-/m1/s1. The second-order valence-corrected chi connectivity index (χ2v) is 8.75. The highest BCUT2D eigenvalue weighted by Gasteiger charge is 2.32. The summed E-state index contributed by atoms with van der Waals surface area (Å²) >= 11 is 0. The molecule has 0 saturated carbocycles. The van der Waals surface area contributed by atoms with Crippen LogP contribution in [0, 0.1) is 18.4 Å².